The zero-order valence-corrected chi connectivity index (χ0v) is 8.69. The molecule has 2 unspecified atom stereocenters. The number of hydrogen-bond donors (Lipinski definition) is 1. The number of allylic oxidation sites excluding steroid dienone is 7. The first kappa shape index (κ1) is 8.78. The highest BCUT2D eigenvalue weighted by molar-refractivity contribution is 5.40. The molecule has 1 N–H and O–H groups in total. The Morgan fingerprint density at radius 3 is 3.13 bits per heavy atom. The van der Waals surface area contributed by atoms with Gasteiger partial charge >= 0.3 is 0 Å². The van der Waals surface area contributed by atoms with E-state index in [1.54, 1.807) is 0 Å². The lowest BCUT2D eigenvalue weighted by Gasteiger charge is -2.23. The molecule has 15 heavy (non-hydrogen) atoms. The largest absolute Gasteiger partial charge is 0.378 e. The lowest BCUT2D eigenvalue weighted by molar-refractivity contribution is 0.573. The molecule has 0 saturated carbocycles. The summed E-state index contributed by atoms with van der Waals surface area (Å²) in [5, 5.41) is 3.62. The van der Waals surface area contributed by atoms with Crippen molar-refractivity contribution in [2.45, 2.75) is 18.9 Å². The van der Waals surface area contributed by atoms with E-state index in [4.69, 9.17) is 0 Å². The second-order valence-electron chi connectivity index (χ2n) is 4.29. The maximum Gasteiger partial charge on any atom is 0.0695 e. The Kier molecular flexibility index (Phi) is 2.09. The molecule has 0 aromatic rings. The molecule has 0 radical (unpaired) electrons. The highest BCUT2D eigenvalue weighted by Gasteiger charge is 2.22. The van der Waals surface area contributed by atoms with Crippen LogP contribution in [0.1, 0.15) is 12.8 Å². The van der Waals surface area contributed by atoms with Gasteiger partial charge in [-0.3, -0.25) is 0 Å². The van der Waals surface area contributed by atoms with Crippen LogP contribution in [0.15, 0.2) is 59.9 Å². The summed E-state index contributed by atoms with van der Waals surface area (Å²) < 4.78 is 0. The van der Waals surface area contributed by atoms with Crippen molar-refractivity contribution in [3.8, 4) is 0 Å². The number of nitrogens with one attached hydrogen (secondary N) is 1. The van der Waals surface area contributed by atoms with Crippen molar-refractivity contribution in [2.75, 3.05) is 0 Å². The van der Waals surface area contributed by atoms with Gasteiger partial charge in [-0.1, -0.05) is 42.5 Å². The van der Waals surface area contributed by atoms with Crippen LogP contribution in [0.2, 0.25) is 0 Å². The second-order valence-corrected chi connectivity index (χ2v) is 4.29. The molecular weight excluding hydrogens is 182 g/mol. The number of rotatable bonds is 0. The average Bonchev–Trinajstić information content (AvgIpc) is 2.48. The van der Waals surface area contributed by atoms with Crippen LogP contribution in [0.4, 0.5) is 0 Å². The van der Waals surface area contributed by atoms with Crippen molar-refractivity contribution < 1.29 is 0 Å². The first-order valence-electron chi connectivity index (χ1n) is 5.62. The number of fused-ring (bicyclic) bond motifs is 2. The lowest BCUT2D eigenvalue weighted by atomic mass is 9.94. The van der Waals surface area contributed by atoms with Crippen molar-refractivity contribution in [1.82, 2.24) is 5.32 Å². The van der Waals surface area contributed by atoms with Crippen LogP contribution in [-0.4, -0.2) is 6.04 Å². The van der Waals surface area contributed by atoms with Gasteiger partial charge in [0, 0.05) is 11.6 Å². The maximum atomic E-state index is 3.62. The monoisotopic (exact) mass is 197 g/mol. The van der Waals surface area contributed by atoms with Crippen LogP contribution in [0, 0.1) is 5.92 Å². The van der Waals surface area contributed by atoms with Gasteiger partial charge in [0.15, 0.2) is 0 Å². The zero-order chi connectivity index (χ0) is 10.1. The molecule has 0 aromatic carbocycles. The molecule has 1 aliphatic heterocycles. The average molecular weight is 197 g/mol. The summed E-state index contributed by atoms with van der Waals surface area (Å²) >= 11 is 0. The van der Waals surface area contributed by atoms with E-state index in [0.29, 0.717) is 12.0 Å². The summed E-state index contributed by atoms with van der Waals surface area (Å²) in [5.41, 5.74) is 2.81. The molecular formula is C14H15N. The summed E-state index contributed by atoms with van der Waals surface area (Å²) in [6, 6.07) is 0.387. The van der Waals surface area contributed by atoms with E-state index in [0.717, 1.165) is 6.42 Å². The first-order valence-corrected chi connectivity index (χ1v) is 5.62. The van der Waals surface area contributed by atoms with Gasteiger partial charge in [0.05, 0.1) is 6.04 Å². The van der Waals surface area contributed by atoms with Crippen molar-refractivity contribution in [2.24, 2.45) is 5.92 Å². The predicted octanol–water partition coefficient (Wildman–Crippen LogP) is 2.86. The zero-order valence-electron chi connectivity index (χ0n) is 8.69. The fourth-order valence-corrected chi connectivity index (χ4v) is 2.41. The predicted molar refractivity (Wildman–Crippen MR) is 63.2 cm³/mol. The normalized spacial score (nSPS) is 32.0. The second kappa shape index (κ2) is 3.58. The summed E-state index contributed by atoms with van der Waals surface area (Å²) in [4.78, 5) is 0. The Balaban J connectivity index is 1.93. The lowest BCUT2D eigenvalue weighted by Crippen LogP contribution is -2.30. The third-order valence-electron chi connectivity index (χ3n) is 3.29. The summed E-state index contributed by atoms with van der Waals surface area (Å²) in [7, 11) is 0. The smallest absolute Gasteiger partial charge is 0.0695 e. The quantitative estimate of drug-likeness (QED) is 0.629. The fourth-order valence-electron chi connectivity index (χ4n) is 2.41. The highest BCUT2D eigenvalue weighted by atomic mass is 14.9. The van der Waals surface area contributed by atoms with Gasteiger partial charge < -0.3 is 5.32 Å². The Morgan fingerprint density at radius 1 is 1.13 bits per heavy atom. The molecule has 0 aromatic heterocycles. The molecule has 3 rings (SSSR count). The van der Waals surface area contributed by atoms with Gasteiger partial charge in [-0.2, -0.15) is 0 Å². The van der Waals surface area contributed by atoms with Gasteiger partial charge in [0.1, 0.15) is 0 Å². The molecule has 1 heterocycles. The van der Waals surface area contributed by atoms with Crippen LogP contribution < -0.4 is 5.32 Å². The van der Waals surface area contributed by atoms with Crippen molar-refractivity contribution in [3.05, 3.63) is 59.9 Å². The van der Waals surface area contributed by atoms with Crippen LogP contribution in [0.5, 0.6) is 0 Å². The molecule has 2 aliphatic carbocycles. The molecule has 1 heteroatoms. The maximum absolute atomic E-state index is 3.62. The molecule has 3 aliphatic rings. The fraction of sp³-hybridized carbons (Fsp3) is 0.286. The molecule has 2 atom stereocenters. The minimum atomic E-state index is 0.387. The topological polar surface area (TPSA) is 12.0 Å². The van der Waals surface area contributed by atoms with E-state index in [-0.39, 0.29) is 0 Å². The van der Waals surface area contributed by atoms with E-state index in [2.05, 4.69) is 53.9 Å². The third-order valence-corrected chi connectivity index (χ3v) is 3.29. The van der Waals surface area contributed by atoms with Crippen LogP contribution in [0.25, 0.3) is 0 Å². The molecule has 0 bridgehead atoms. The first-order chi connectivity index (χ1) is 7.43. The molecule has 0 fully saturated rings. The Morgan fingerprint density at radius 2 is 2.13 bits per heavy atom. The minimum Gasteiger partial charge on any atom is -0.378 e. The highest BCUT2D eigenvalue weighted by Crippen LogP contribution is 2.28. The number of hydrogen-bond acceptors (Lipinski definition) is 1. The van der Waals surface area contributed by atoms with Crippen molar-refractivity contribution in [3.63, 3.8) is 0 Å². The van der Waals surface area contributed by atoms with Gasteiger partial charge in [0.25, 0.3) is 0 Å². The van der Waals surface area contributed by atoms with E-state index in [1.165, 1.54) is 17.7 Å². The van der Waals surface area contributed by atoms with Gasteiger partial charge in [-0.15, -0.1) is 0 Å². The third kappa shape index (κ3) is 1.58. The van der Waals surface area contributed by atoms with E-state index >= 15 is 0 Å². The van der Waals surface area contributed by atoms with Gasteiger partial charge in [-0.05, 0) is 24.5 Å². The Labute approximate surface area is 90.6 Å². The molecule has 76 valence electrons. The summed E-state index contributed by atoms with van der Waals surface area (Å²) in [5.74, 6) is 0.662. The van der Waals surface area contributed by atoms with Crippen LogP contribution in [-0.2, 0) is 0 Å². The molecule has 1 nitrogen and oxygen atoms in total. The van der Waals surface area contributed by atoms with E-state index < -0.39 is 0 Å². The van der Waals surface area contributed by atoms with Gasteiger partial charge in [-0.25, -0.2) is 0 Å². The Bertz CT molecular complexity index is 407. The van der Waals surface area contributed by atoms with Crippen molar-refractivity contribution in [1.29, 1.82) is 0 Å². The van der Waals surface area contributed by atoms with Gasteiger partial charge in [0.2, 0.25) is 0 Å². The Hall–Kier alpha value is -1.50. The van der Waals surface area contributed by atoms with E-state index in [9.17, 15) is 0 Å². The molecule has 0 amide bonds. The van der Waals surface area contributed by atoms with Crippen molar-refractivity contribution >= 4 is 0 Å². The summed E-state index contributed by atoms with van der Waals surface area (Å²) in [6.07, 6.45) is 20.0. The minimum absolute atomic E-state index is 0.387. The van der Waals surface area contributed by atoms with Crippen LogP contribution in [0.3, 0.4) is 0 Å². The standard InChI is InChI=1S/C14H15N/c1-3-7-13-11(5-1)9-10-12-6-2-4-8-14(12)15-13/h1-5,7-9,12-13,15H,6,10H2. The summed E-state index contributed by atoms with van der Waals surface area (Å²) in [6.45, 7) is 0. The van der Waals surface area contributed by atoms with Crippen LogP contribution >= 0.6 is 0 Å². The SMILES string of the molecule is C1=CCC2CC=C3C=CC=CC3NC2=C1. The molecule has 0 spiro atoms. The van der Waals surface area contributed by atoms with E-state index in [1.807, 2.05) is 0 Å². The molecule has 0 saturated heterocycles.